The molecule has 0 aliphatic rings. The monoisotopic (exact) mass is 415 g/mol. The van der Waals surface area contributed by atoms with E-state index < -0.39 is 4.92 Å². The highest BCUT2D eigenvalue weighted by Crippen LogP contribution is 2.39. The minimum absolute atomic E-state index is 0.0280. The van der Waals surface area contributed by atoms with E-state index >= 15 is 0 Å². The molecule has 0 amide bonds. The summed E-state index contributed by atoms with van der Waals surface area (Å²) >= 11 is 6.39. The number of aromatic nitrogens is 2. The van der Waals surface area contributed by atoms with Crippen molar-refractivity contribution in [3.63, 3.8) is 0 Å². The summed E-state index contributed by atoms with van der Waals surface area (Å²) in [6, 6.07) is 2.59. The van der Waals surface area contributed by atoms with Crippen molar-refractivity contribution >= 4 is 43.4 Å². The second-order valence-electron chi connectivity index (χ2n) is 3.72. The molecule has 0 fully saturated rings. The van der Waals surface area contributed by atoms with Gasteiger partial charge in [0.2, 0.25) is 5.88 Å². The maximum Gasteiger partial charge on any atom is 0.271 e. The molecule has 10 heteroatoms. The van der Waals surface area contributed by atoms with Gasteiger partial charge in [-0.1, -0.05) is 0 Å². The largest absolute Gasteiger partial charge is 0.434 e. The molecule has 0 saturated carbocycles. The molecule has 0 unspecified atom stereocenters. The summed E-state index contributed by atoms with van der Waals surface area (Å²) in [7, 11) is 0. The first-order valence-corrected chi connectivity index (χ1v) is 6.95. The fourth-order valence-electron chi connectivity index (χ4n) is 1.43. The molecule has 2 rings (SSSR count). The summed E-state index contributed by atoms with van der Waals surface area (Å²) in [5.41, 5.74) is 5.37. The van der Waals surface area contributed by atoms with Crippen LogP contribution in [0.3, 0.4) is 0 Å². The van der Waals surface area contributed by atoms with Crippen LogP contribution in [-0.4, -0.2) is 20.7 Å². The van der Waals surface area contributed by atoms with Crippen molar-refractivity contribution in [3.8, 4) is 11.6 Å². The number of ether oxygens (including phenoxy) is 1. The van der Waals surface area contributed by atoms with E-state index in [-0.39, 0.29) is 28.8 Å². The van der Waals surface area contributed by atoms with Gasteiger partial charge in [-0.3, -0.25) is 15.5 Å². The van der Waals surface area contributed by atoms with Crippen molar-refractivity contribution in [2.24, 2.45) is 5.73 Å². The number of hydrogen-bond donors (Lipinski definition) is 2. The van der Waals surface area contributed by atoms with Crippen molar-refractivity contribution in [3.05, 3.63) is 49.3 Å². The molecule has 2 aromatic rings. The van der Waals surface area contributed by atoms with Crippen molar-refractivity contribution in [2.75, 3.05) is 0 Å². The Hall–Kier alpha value is -2.07. The molecule has 1 aromatic heterocycles. The Labute approximate surface area is 135 Å². The van der Waals surface area contributed by atoms with Gasteiger partial charge in [0.25, 0.3) is 5.69 Å². The first kappa shape index (κ1) is 15.3. The lowest BCUT2D eigenvalue weighted by Gasteiger charge is -2.11. The molecule has 1 heterocycles. The first-order chi connectivity index (χ1) is 9.90. The Morgan fingerprint density at radius 3 is 2.38 bits per heavy atom. The third kappa shape index (κ3) is 3.34. The van der Waals surface area contributed by atoms with Gasteiger partial charge in [0, 0.05) is 24.5 Å². The van der Waals surface area contributed by atoms with Crippen LogP contribution in [0.5, 0.6) is 11.6 Å². The van der Waals surface area contributed by atoms with Crippen LogP contribution in [0.2, 0.25) is 0 Å². The predicted octanol–water partition coefficient (Wildman–Crippen LogP) is 2.99. The molecule has 0 bridgehead atoms. The number of nitro benzene ring substituents is 1. The Balaban J connectivity index is 2.46. The van der Waals surface area contributed by atoms with Gasteiger partial charge in [-0.25, -0.2) is 9.97 Å². The minimum atomic E-state index is -0.525. The van der Waals surface area contributed by atoms with Gasteiger partial charge >= 0.3 is 0 Å². The number of nitrogens with zero attached hydrogens (tertiary/aromatic N) is 3. The summed E-state index contributed by atoms with van der Waals surface area (Å²) in [5, 5.41) is 18.2. The number of hydrogen-bond acceptors (Lipinski definition) is 6. The molecule has 0 spiro atoms. The van der Waals surface area contributed by atoms with Gasteiger partial charge in [0.15, 0.2) is 11.4 Å². The first-order valence-electron chi connectivity index (χ1n) is 5.37. The molecule has 108 valence electrons. The van der Waals surface area contributed by atoms with E-state index in [1.807, 2.05) is 0 Å². The smallest absolute Gasteiger partial charge is 0.271 e. The average molecular weight is 417 g/mol. The van der Waals surface area contributed by atoms with E-state index in [1.165, 1.54) is 24.5 Å². The number of nitrogen functional groups attached to an aromatic ring is 1. The number of non-ortho nitro benzene ring substituents is 1. The van der Waals surface area contributed by atoms with E-state index in [4.69, 9.17) is 15.9 Å². The highest BCUT2D eigenvalue weighted by atomic mass is 79.9. The van der Waals surface area contributed by atoms with Gasteiger partial charge in [-0.05, 0) is 31.9 Å². The van der Waals surface area contributed by atoms with E-state index in [1.54, 1.807) is 0 Å². The lowest BCUT2D eigenvalue weighted by atomic mass is 10.3. The van der Waals surface area contributed by atoms with Crippen molar-refractivity contribution < 1.29 is 9.66 Å². The third-order valence-electron chi connectivity index (χ3n) is 2.31. The predicted molar refractivity (Wildman–Crippen MR) is 81.6 cm³/mol. The standard InChI is InChI=1S/C11H7Br2N5O3/c12-6-3-5(18(19)20)4-7(13)9(6)21-11-8(10(14)15)16-1-2-17-11/h1-4H,(H3,14,15). The molecular weight excluding hydrogens is 410 g/mol. The van der Waals surface area contributed by atoms with E-state index in [2.05, 4.69) is 41.8 Å². The summed E-state index contributed by atoms with van der Waals surface area (Å²) in [5.74, 6) is -0.00360. The molecule has 0 aliphatic heterocycles. The van der Waals surface area contributed by atoms with Crippen LogP contribution in [0.4, 0.5) is 5.69 Å². The fraction of sp³-hybridized carbons (Fsp3) is 0. The second kappa shape index (κ2) is 6.14. The zero-order valence-electron chi connectivity index (χ0n) is 10.2. The number of amidine groups is 1. The van der Waals surface area contributed by atoms with Crippen molar-refractivity contribution in [2.45, 2.75) is 0 Å². The average Bonchev–Trinajstić information content (AvgIpc) is 2.42. The lowest BCUT2D eigenvalue weighted by molar-refractivity contribution is -0.385. The van der Waals surface area contributed by atoms with Crippen LogP contribution in [0, 0.1) is 15.5 Å². The number of benzene rings is 1. The molecular formula is C11H7Br2N5O3. The molecule has 0 radical (unpaired) electrons. The second-order valence-corrected chi connectivity index (χ2v) is 5.43. The number of halogens is 2. The number of rotatable bonds is 4. The zero-order valence-corrected chi connectivity index (χ0v) is 13.4. The Bertz CT molecular complexity index is 715. The van der Waals surface area contributed by atoms with Crippen LogP contribution in [-0.2, 0) is 0 Å². The van der Waals surface area contributed by atoms with Gasteiger partial charge in [-0.15, -0.1) is 0 Å². The molecule has 21 heavy (non-hydrogen) atoms. The Morgan fingerprint density at radius 1 is 1.29 bits per heavy atom. The SMILES string of the molecule is N=C(N)c1nccnc1Oc1c(Br)cc([N+](=O)[O-])cc1Br. The van der Waals surface area contributed by atoms with E-state index in [0.717, 1.165) is 0 Å². The summed E-state index contributed by atoms with van der Waals surface area (Å²) in [6.07, 6.45) is 2.76. The van der Waals surface area contributed by atoms with Crippen molar-refractivity contribution in [1.29, 1.82) is 5.41 Å². The summed E-state index contributed by atoms with van der Waals surface area (Å²) in [6.45, 7) is 0. The van der Waals surface area contributed by atoms with Crippen LogP contribution in [0.15, 0.2) is 33.5 Å². The normalized spacial score (nSPS) is 10.2. The van der Waals surface area contributed by atoms with Crippen LogP contribution in [0.1, 0.15) is 5.69 Å². The molecule has 1 aromatic carbocycles. The number of nitrogens with two attached hydrogens (primary N) is 1. The Kier molecular flexibility index (Phi) is 4.48. The fourth-order valence-corrected chi connectivity index (χ4v) is 2.75. The van der Waals surface area contributed by atoms with Gasteiger partial charge < -0.3 is 10.5 Å². The topological polar surface area (TPSA) is 128 Å². The van der Waals surface area contributed by atoms with E-state index in [9.17, 15) is 10.1 Å². The summed E-state index contributed by atoms with van der Waals surface area (Å²) < 4.78 is 6.26. The quantitative estimate of drug-likeness (QED) is 0.341. The zero-order chi connectivity index (χ0) is 15.6. The number of nitrogens with one attached hydrogen (secondary N) is 1. The highest BCUT2D eigenvalue weighted by Gasteiger charge is 2.18. The van der Waals surface area contributed by atoms with Crippen LogP contribution in [0.25, 0.3) is 0 Å². The maximum atomic E-state index is 10.8. The van der Waals surface area contributed by atoms with Crippen molar-refractivity contribution in [1.82, 2.24) is 9.97 Å². The number of nitro groups is 1. The lowest BCUT2D eigenvalue weighted by Crippen LogP contribution is -2.15. The Morgan fingerprint density at radius 2 is 1.86 bits per heavy atom. The molecule has 3 N–H and O–H groups in total. The highest BCUT2D eigenvalue weighted by molar-refractivity contribution is 9.11. The molecule has 0 saturated heterocycles. The van der Waals surface area contributed by atoms with Gasteiger partial charge in [0.1, 0.15) is 5.84 Å². The van der Waals surface area contributed by atoms with Crippen LogP contribution >= 0.6 is 31.9 Å². The summed E-state index contributed by atoms with van der Waals surface area (Å²) in [4.78, 5) is 18.1. The van der Waals surface area contributed by atoms with Gasteiger partial charge in [-0.2, -0.15) is 0 Å². The maximum absolute atomic E-state index is 10.8. The molecule has 0 aliphatic carbocycles. The molecule has 0 atom stereocenters. The molecule has 8 nitrogen and oxygen atoms in total. The third-order valence-corrected chi connectivity index (χ3v) is 3.49. The van der Waals surface area contributed by atoms with Crippen LogP contribution < -0.4 is 10.5 Å². The van der Waals surface area contributed by atoms with Gasteiger partial charge in [0.05, 0.1) is 13.9 Å². The van der Waals surface area contributed by atoms with E-state index in [0.29, 0.717) is 8.95 Å². The minimum Gasteiger partial charge on any atom is -0.434 e.